The summed E-state index contributed by atoms with van der Waals surface area (Å²) >= 11 is 3.18. The minimum Gasteiger partial charge on any atom is -0.306 e. The fourth-order valence-corrected chi connectivity index (χ4v) is 2.24. The second-order valence-electron chi connectivity index (χ2n) is 4.43. The Morgan fingerprint density at radius 3 is 2.70 bits per heavy atom. The summed E-state index contributed by atoms with van der Waals surface area (Å²) in [4.78, 5) is 14.5. The molecule has 1 heterocycles. The van der Waals surface area contributed by atoms with Crippen LogP contribution in [-0.2, 0) is 6.54 Å². The van der Waals surface area contributed by atoms with Crippen LogP contribution in [-0.4, -0.2) is 9.91 Å². The van der Waals surface area contributed by atoms with Crippen molar-refractivity contribution in [3.63, 3.8) is 0 Å². The Morgan fingerprint density at radius 2 is 2.05 bits per heavy atom. The number of pyridine rings is 1. The molecule has 0 aliphatic heterocycles. The molecule has 0 fully saturated rings. The molecule has 1 aromatic heterocycles. The third kappa shape index (κ3) is 3.61. The van der Waals surface area contributed by atoms with Gasteiger partial charge in [0.15, 0.2) is 0 Å². The van der Waals surface area contributed by atoms with Gasteiger partial charge >= 0.3 is 0 Å². The molecule has 2 aromatic rings. The molecule has 0 bridgehead atoms. The van der Waals surface area contributed by atoms with Crippen LogP contribution >= 0.6 is 15.9 Å². The van der Waals surface area contributed by atoms with Gasteiger partial charge in [0, 0.05) is 31.0 Å². The Hall–Kier alpha value is -1.79. The van der Waals surface area contributed by atoms with Crippen molar-refractivity contribution in [3.05, 3.63) is 68.4 Å². The zero-order valence-electron chi connectivity index (χ0n) is 10.9. The van der Waals surface area contributed by atoms with Crippen molar-refractivity contribution in [1.82, 2.24) is 10.3 Å². The van der Waals surface area contributed by atoms with E-state index in [1.165, 1.54) is 0 Å². The number of hydrogen-bond acceptors (Lipinski definition) is 4. The van der Waals surface area contributed by atoms with Gasteiger partial charge in [-0.3, -0.25) is 15.1 Å². The Morgan fingerprint density at radius 1 is 1.35 bits per heavy atom. The molecule has 0 radical (unpaired) electrons. The number of hydrogen-bond donors (Lipinski definition) is 1. The SMILES string of the molecule is C[C@H](NCc1ccc(Br)c([N+](=O)[O-])c1)c1ccncc1. The van der Waals surface area contributed by atoms with E-state index in [-0.39, 0.29) is 16.7 Å². The highest BCUT2D eigenvalue weighted by atomic mass is 79.9. The van der Waals surface area contributed by atoms with Gasteiger partial charge in [-0.25, -0.2) is 0 Å². The summed E-state index contributed by atoms with van der Waals surface area (Å²) in [5, 5.41) is 14.2. The van der Waals surface area contributed by atoms with Crippen LogP contribution in [0.25, 0.3) is 0 Å². The first kappa shape index (κ1) is 14.6. The quantitative estimate of drug-likeness (QED) is 0.669. The first-order valence-corrected chi connectivity index (χ1v) is 6.93. The number of nitro benzene ring substituents is 1. The maximum absolute atomic E-state index is 10.9. The lowest BCUT2D eigenvalue weighted by molar-refractivity contribution is -0.385. The van der Waals surface area contributed by atoms with E-state index in [9.17, 15) is 10.1 Å². The van der Waals surface area contributed by atoms with Crippen LogP contribution in [0.5, 0.6) is 0 Å². The smallest absolute Gasteiger partial charge is 0.283 e. The summed E-state index contributed by atoms with van der Waals surface area (Å²) in [7, 11) is 0. The molecule has 5 nitrogen and oxygen atoms in total. The van der Waals surface area contributed by atoms with Crippen LogP contribution in [0.15, 0.2) is 47.2 Å². The van der Waals surface area contributed by atoms with Crippen LogP contribution in [0.4, 0.5) is 5.69 Å². The molecule has 1 atom stereocenters. The second kappa shape index (κ2) is 6.58. The molecule has 6 heteroatoms. The van der Waals surface area contributed by atoms with Crippen LogP contribution in [0.1, 0.15) is 24.1 Å². The highest BCUT2D eigenvalue weighted by Crippen LogP contribution is 2.25. The molecular weight excluding hydrogens is 322 g/mol. The number of aromatic nitrogens is 1. The largest absolute Gasteiger partial charge is 0.306 e. The molecule has 20 heavy (non-hydrogen) atoms. The number of nitrogens with one attached hydrogen (secondary N) is 1. The van der Waals surface area contributed by atoms with Crippen molar-refractivity contribution in [1.29, 1.82) is 0 Å². The fourth-order valence-electron chi connectivity index (χ4n) is 1.85. The molecule has 0 spiro atoms. The topological polar surface area (TPSA) is 68.1 Å². The van der Waals surface area contributed by atoms with E-state index in [0.29, 0.717) is 11.0 Å². The average molecular weight is 336 g/mol. The second-order valence-corrected chi connectivity index (χ2v) is 5.28. The van der Waals surface area contributed by atoms with Gasteiger partial charge in [0.25, 0.3) is 5.69 Å². The summed E-state index contributed by atoms with van der Waals surface area (Å²) in [5.41, 5.74) is 2.09. The molecule has 0 saturated heterocycles. The van der Waals surface area contributed by atoms with Gasteiger partial charge < -0.3 is 5.32 Å². The Kier molecular flexibility index (Phi) is 4.81. The summed E-state index contributed by atoms with van der Waals surface area (Å²) in [5.74, 6) is 0. The van der Waals surface area contributed by atoms with Crippen LogP contribution in [0, 0.1) is 10.1 Å². The average Bonchev–Trinajstić information content (AvgIpc) is 2.46. The minimum atomic E-state index is -0.389. The monoisotopic (exact) mass is 335 g/mol. The highest BCUT2D eigenvalue weighted by Gasteiger charge is 2.12. The van der Waals surface area contributed by atoms with E-state index in [1.807, 2.05) is 25.1 Å². The predicted octanol–water partition coefficient (Wildman–Crippen LogP) is 3.60. The van der Waals surface area contributed by atoms with Gasteiger partial charge in [-0.15, -0.1) is 0 Å². The summed E-state index contributed by atoms with van der Waals surface area (Å²) in [6.45, 7) is 2.61. The molecule has 0 saturated carbocycles. The van der Waals surface area contributed by atoms with Gasteiger partial charge in [0.2, 0.25) is 0 Å². The summed E-state index contributed by atoms with van der Waals surface area (Å²) in [6, 6.07) is 9.19. The zero-order valence-corrected chi connectivity index (χ0v) is 12.5. The van der Waals surface area contributed by atoms with Crippen molar-refractivity contribution in [2.24, 2.45) is 0 Å². The van der Waals surface area contributed by atoms with Gasteiger partial charge in [-0.05, 0) is 52.2 Å². The molecule has 2 rings (SSSR count). The molecular formula is C14H14BrN3O2. The van der Waals surface area contributed by atoms with Crippen molar-refractivity contribution < 1.29 is 4.92 Å². The standard InChI is InChI=1S/C14H14BrN3O2/c1-10(12-4-6-16-7-5-12)17-9-11-2-3-13(15)14(8-11)18(19)20/h2-8,10,17H,9H2,1H3/t10-/m0/s1. The van der Waals surface area contributed by atoms with E-state index in [2.05, 4.69) is 26.2 Å². The van der Waals surface area contributed by atoms with Crippen molar-refractivity contribution in [2.45, 2.75) is 19.5 Å². The normalized spacial score (nSPS) is 12.1. The Labute approximate surface area is 125 Å². The van der Waals surface area contributed by atoms with Crippen molar-refractivity contribution in [3.8, 4) is 0 Å². The number of benzene rings is 1. The molecule has 0 aliphatic carbocycles. The van der Waals surface area contributed by atoms with E-state index in [4.69, 9.17) is 0 Å². The number of nitro groups is 1. The lowest BCUT2D eigenvalue weighted by Crippen LogP contribution is -2.18. The van der Waals surface area contributed by atoms with Gasteiger partial charge in [-0.2, -0.15) is 0 Å². The lowest BCUT2D eigenvalue weighted by atomic mass is 10.1. The predicted molar refractivity (Wildman–Crippen MR) is 80.3 cm³/mol. The minimum absolute atomic E-state index is 0.0841. The van der Waals surface area contributed by atoms with Gasteiger partial charge in [0.1, 0.15) is 0 Å². The lowest BCUT2D eigenvalue weighted by Gasteiger charge is -2.14. The van der Waals surface area contributed by atoms with Gasteiger partial charge in [-0.1, -0.05) is 6.07 Å². The number of rotatable bonds is 5. The fraction of sp³-hybridized carbons (Fsp3) is 0.214. The third-order valence-electron chi connectivity index (χ3n) is 3.03. The molecule has 0 unspecified atom stereocenters. The molecule has 0 aliphatic rings. The maximum atomic E-state index is 10.9. The van der Waals surface area contributed by atoms with Crippen molar-refractivity contribution >= 4 is 21.6 Å². The van der Waals surface area contributed by atoms with Crippen LogP contribution in [0.3, 0.4) is 0 Å². The number of halogens is 1. The molecule has 0 amide bonds. The van der Waals surface area contributed by atoms with Crippen LogP contribution in [0.2, 0.25) is 0 Å². The van der Waals surface area contributed by atoms with E-state index in [0.717, 1.165) is 11.1 Å². The van der Waals surface area contributed by atoms with E-state index in [1.54, 1.807) is 24.5 Å². The van der Waals surface area contributed by atoms with Crippen molar-refractivity contribution in [2.75, 3.05) is 0 Å². The van der Waals surface area contributed by atoms with Gasteiger partial charge in [0.05, 0.1) is 9.40 Å². The van der Waals surface area contributed by atoms with E-state index < -0.39 is 0 Å². The summed E-state index contributed by atoms with van der Waals surface area (Å²) in [6.07, 6.45) is 3.50. The van der Waals surface area contributed by atoms with E-state index >= 15 is 0 Å². The zero-order chi connectivity index (χ0) is 14.5. The molecule has 1 N–H and O–H groups in total. The maximum Gasteiger partial charge on any atom is 0.283 e. The third-order valence-corrected chi connectivity index (χ3v) is 3.70. The first-order chi connectivity index (χ1) is 9.58. The Bertz CT molecular complexity index is 605. The molecule has 1 aromatic carbocycles. The first-order valence-electron chi connectivity index (χ1n) is 6.14. The number of nitrogens with zero attached hydrogens (tertiary/aromatic N) is 2. The molecule has 104 valence electrons. The summed E-state index contributed by atoms with van der Waals surface area (Å²) < 4.78 is 0.494. The highest BCUT2D eigenvalue weighted by molar-refractivity contribution is 9.10. The van der Waals surface area contributed by atoms with Crippen LogP contribution < -0.4 is 5.32 Å². The Balaban J connectivity index is 2.04.